The highest BCUT2D eigenvalue weighted by atomic mass is 127. The number of aliphatic imine (C=N–C) groups is 1. The Kier molecular flexibility index (Phi) is 8.66. The van der Waals surface area contributed by atoms with E-state index < -0.39 is 0 Å². The van der Waals surface area contributed by atoms with Gasteiger partial charge in [-0.1, -0.05) is 0 Å². The fourth-order valence-corrected chi connectivity index (χ4v) is 3.37. The molecule has 0 aliphatic heterocycles. The Morgan fingerprint density at radius 3 is 2.54 bits per heavy atom. The van der Waals surface area contributed by atoms with Gasteiger partial charge in [0.2, 0.25) is 0 Å². The third-order valence-corrected chi connectivity index (χ3v) is 5.11. The molecule has 0 unspecified atom stereocenters. The quantitative estimate of drug-likeness (QED) is 0.237. The van der Waals surface area contributed by atoms with Gasteiger partial charge in [0.15, 0.2) is 5.96 Å². The SMILES string of the molecule is CN=C(NCCCn1nc(C)cc1C)NCCN(CC1CC1)C1CC1.I. The third kappa shape index (κ3) is 7.06. The van der Waals surface area contributed by atoms with Crippen LogP contribution in [0.3, 0.4) is 0 Å². The highest BCUT2D eigenvalue weighted by molar-refractivity contribution is 14.0. The molecule has 1 heterocycles. The Bertz CT molecular complexity index is 577. The number of aryl methyl sites for hydroxylation is 3. The van der Waals surface area contributed by atoms with Gasteiger partial charge in [-0.05, 0) is 57.9 Å². The van der Waals surface area contributed by atoms with Crippen molar-refractivity contribution in [1.82, 2.24) is 25.3 Å². The molecular formula is C19H35IN6. The van der Waals surface area contributed by atoms with E-state index in [-0.39, 0.29) is 24.0 Å². The van der Waals surface area contributed by atoms with Crippen molar-refractivity contribution < 1.29 is 0 Å². The molecule has 0 bridgehead atoms. The molecule has 6 nitrogen and oxygen atoms in total. The number of halogens is 1. The highest BCUT2D eigenvalue weighted by Crippen LogP contribution is 2.34. The molecule has 2 aliphatic rings. The van der Waals surface area contributed by atoms with Crippen molar-refractivity contribution in [1.29, 1.82) is 0 Å². The van der Waals surface area contributed by atoms with Crippen LogP contribution in [-0.2, 0) is 6.54 Å². The zero-order valence-corrected chi connectivity index (χ0v) is 18.8. The van der Waals surface area contributed by atoms with Crippen LogP contribution >= 0.6 is 24.0 Å². The summed E-state index contributed by atoms with van der Waals surface area (Å²) in [5.74, 6) is 1.89. The van der Waals surface area contributed by atoms with E-state index in [1.165, 1.54) is 37.9 Å². The second-order valence-corrected chi connectivity index (χ2v) is 7.60. The Balaban J connectivity index is 0.00000243. The Morgan fingerprint density at radius 2 is 1.96 bits per heavy atom. The van der Waals surface area contributed by atoms with Gasteiger partial charge < -0.3 is 10.6 Å². The van der Waals surface area contributed by atoms with Crippen LogP contribution in [0.15, 0.2) is 11.1 Å². The monoisotopic (exact) mass is 474 g/mol. The lowest BCUT2D eigenvalue weighted by molar-refractivity contribution is 0.256. The van der Waals surface area contributed by atoms with Crippen LogP contribution in [0.1, 0.15) is 43.5 Å². The van der Waals surface area contributed by atoms with E-state index in [0.29, 0.717) is 0 Å². The average Bonchev–Trinajstić information content (AvgIpc) is 3.48. The summed E-state index contributed by atoms with van der Waals surface area (Å²) in [4.78, 5) is 7.02. The van der Waals surface area contributed by atoms with E-state index in [1.54, 1.807) is 0 Å². The van der Waals surface area contributed by atoms with Gasteiger partial charge in [-0.25, -0.2) is 0 Å². The van der Waals surface area contributed by atoms with Crippen molar-refractivity contribution in [2.75, 3.05) is 33.2 Å². The third-order valence-electron chi connectivity index (χ3n) is 5.11. The molecule has 0 saturated heterocycles. The first kappa shape index (κ1) is 21.5. The zero-order valence-electron chi connectivity index (χ0n) is 16.5. The number of nitrogens with zero attached hydrogens (tertiary/aromatic N) is 4. The van der Waals surface area contributed by atoms with Crippen LogP contribution < -0.4 is 10.6 Å². The van der Waals surface area contributed by atoms with Gasteiger partial charge in [-0.3, -0.25) is 14.6 Å². The minimum atomic E-state index is 0. The van der Waals surface area contributed by atoms with Crippen molar-refractivity contribution in [3.63, 3.8) is 0 Å². The Hall–Kier alpha value is -0.830. The summed E-state index contributed by atoms with van der Waals surface area (Å²) < 4.78 is 2.08. The van der Waals surface area contributed by atoms with Crippen LogP contribution in [0.2, 0.25) is 0 Å². The second-order valence-electron chi connectivity index (χ2n) is 7.60. The van der Waals surface area contributed by atoms with E-state index in [1.807, 2.05) is 14.0 Å². The van der Waals surface area contributed by atoms with Crippen molar-refractivity contribution >= 4 is 29.9 Å². The topological polar surface area (TPSA) is 57.5 Å². The van der Waals surface area contributed by atoms with Crippen LogP contribution in [0.25, 0.3) is 0 Å². The van der Waals surface area contributed by atoms with Gasteiger partial charge in [0.1, 0.15) is 0 Å². The molecule has 2 aliphatic carbocycles. The Labute approximate surface area is 175 Å². The summed E-state index contributed by atoms with van der Waals surface area (Å²) in [6, 6.07) is 2.99. The van der Waals surface area contributed by atoms with Gasteiger partial charge >= 0.3 is 0 Å². The van der Waals surface area contributed by atoms with Crippen molar-refractivity contribution in [2.24, 2.45) is 10.9 Å². The van der Waals surface area contributed by atoms with Crippen molar-refractivity contribution in [3.8, 4) is 0 Å². The fraction of sp³-hybridized carbons (Fsp3) is 0.789. The molecule has 7 heteroatoms. The second kappa shape index (κ2) is 10.5. The van der Waals surface area contributed by atoms with Crippen LogP contribution in [-0.4, -0.2) is 59.9 Å². The molecule has 3 rings (SSSR count). The lowest BCUT2D eigenvalue weighted by Crippen LogP contribution is -2.42. The van der Waals surface area contributed by atoms with Gasteiger partial charge in [-0.2, -0.15) is 5.10 Å². The normalized spacial score (nSPS) is 17.3. The predicted octanol–water partition coefficient (Wildman–Crippen LogP) is 2.55. The van der Waals surface area contributed by atoms with Gasteiger partial charge in [0.05, 0.1) is 5.69 Å². The summed E-state index contributed by atoms with van der Waals surface area (Å²) in [6.45, 7) is 9.42. The molecule has 0 amide bonds. The lowest BCUT2D eigenvalue weighted by Gasteiger charge is -2.22. The summed E-state index contributed by atoms with van der Waals surface area (Å²) >= 11 is 0. The standard InChI is InChI=1S/C19H34N6.HI/c1-15-13-16(2)25(23-15)11-4-9-21-19(20-3)22-10-12-24(18-7-8-18)14-17-5-6-17;/h13,17-18H,4-12,14H2,1-3H3,(H2,20,21,22);1H. The maximum absolute atomic E-state index is 4.50. The molecule has 1 aromatic heterocycles. The summed E-state index contributed by atoms with van der Waals surface area (Å²) in [5.41, 5.74) is 2.32. The molecule has 2 N–H and O–H groups in total. The van der Waals surface area contributed by atoms with E-state index in [9.17, 15) is 0 Å². The van der Waals surface area contributed by atoms with Crippen molar-refractivity contribution in [2.45, 2.75) is 58.5 Å². The van der Waals surface area contributed by atoms with Gasteiger partial charge in [0.25, 0.3) is 0 Å². The van der Waals surface area contributed by atoms with Crippen LogP contribution in [0.4, 0.5) is 0 Å². The largest absolute Gasteiger partial charge is 0.356 e. The number of aromatic nitrogens is 2. The van der Waals surface area contributed by atoms with Crippen LogP contribution in [0, 0.1) is 19.8 Å². The number of hydrogen-bond donors (Lipinski definition) is 2. The highest BCUT2D eigenvalue weighted by Gasteiger charge is 2.33. The maximum atomic E-state index is 4.50. The molecule has 0 spiro atoms. The molecule has 0 atom stereocenters. The first-order chi connectivity index (χ1) is 12.2. The summed E-state index contributed by atoms with van der Waals surface area (Å²) in [5, 5.41) is 11.4. The summed E-state index contributed by atoms with van der Waals surface area (Å²) in [7, 11) is 1.85. The lowest BCUT2D eigenvalue weighted by atomic mass is 10.3. The van der Waals surface area contributed by atoms with E-state index in [2.05, 4.69) is 43.3 Å². The minimum absolute atomic E-state index is 0. The molecule has 0 aromatic carbocycles. The zero-order chi connectivity index (χ0) is 17.6. The van der Waals surface area contributed by atoms with E-state index >= 15 is 0 Å². The predicted molar refractivity (Wildman–Crippen MR) is 118 cm³/mol. The van der Waals surface area contributed by atoms with Crippen molar-refractivity contribution in [3.05, 3.63) is 17.5 Å². The summed E-state index contributed by atoms with van der Waals surface area (Å²) in [6.07, 6.45) is 6.71. The molecule has 0 radical (unpaired) electrons. The fourth-order valence-electron chi connectivity index (χ4n) is 3.37. The number of hydrogen-bond acceptors (Lipinski definition) is 3. The first-order valence-corrected chi connectivity index (χ1v) is 9.85. The van der Waals surface area contributed by atoms with Gasteiger partial charge in [-0.15, -0.1) is 24.0 Å². The molecule has 26 heavy (non-hydrogen) atoms. The Morgan fingerprint density at radius 1 is 1.23 bits per heavy atom. The molecule has 1 aromatic rings. The molecule has 2 fully saturated rings. The molecule has 2 saturated carbocycles. The number of guanidine groups is 1. The average molecular weight is 474 g/mol. The van der Waals surface area contributed by atoms with Gasteiger partial charge in [0, 0.05) is 51.5 Å². The number of rotatable bonds is 10. The van der Waals surface area contributed by atoms with E-state index in [4.69, 9.17) is 0 Å². The maximum Gasteiger partial charge on any atom is 0.191 e. The van der Waals surface area contributed by atoms with E-state index in [0.717, 1.165) is 56.2 Å². The smallest absolute Gasteiger partial charge is 0.191 e. The number of nitrogens with one attached hydrogen (secondary N) is 2. The molecule has 148 valence electrons. The first-order valence-electron chi connectivity index (χ1n) is 9.85. The molecular weight excluding hydrogens is 439 g/mol. The minimum Gasteiger partial charge on any atom is -0.356 e. The van der Waals surface area contributed by atoms with Crippen LogP contribution in [0.5, 0.6) is 0 Å².